The van der Waals surface area contributed by atoms with E-state index >= 15 is 0 Å². The van der Waals surface area contributed by atoms with Crippen molar-refractivity contribution in [3.63, 3.8) is 0 Å². The number of hydrogen-bond acceptors (Lipinski definition) is 6. The summed E-state index contributed by atoms with van der Waals surface area (Å²) in [5.74, 6) is 0.404. The number of anilines is 2. The van der Waals surface area contributed by atoms with Crippen LogP contribution >= 0.6 is 0 Å². The monoisotopic (exact) mass is 339 g/mol. The Bertz CT molecular complexity index is 740. The minimum atomic E-state index is -3.69. The zero-order valence-electron chi connectivity index (χ0n) is 12.9. The topological polar surface area (TPSA) is 110 Å². The van der Waals surface area contributed by atoms with Crippen molar-refractivity contribution in [3.8, 4) is 0 Å². The fourth-order valence-corrected chi connectivity index (χ4v) is 3.61. The first-order valence-electron chi connectivity index (χ1n) is 7.64. The Kier molecular flexibility index (Phi) is 4.36. The lowest BCUT2D eigenvalue weighted by Crippen LogP contribution is -2.33. The maximum Gasteiger partial charge on any atom is 0.323 e. The molecule has 0 saturated heterocycles. The highest BCUT2D eigenvalue weighted by molar-refractivity contribution is 7.92. The maximum atomic E-state index is 12.3. The fourth-order valence-electron chi connectivity index (χ4n) is 2.63. The van der Waals surface area contributed by atoms with Crippen LogP contribution < -0.4 is 15.8 Å². The molecule has 0 radical (unpaired) electrons. The number of rotatable bonds is 5. The van der Waals surface area contributed by atoms with Gasteiger partial charge in [-0.1, -0.05) is 17.7 Å². The molecule has 1 aliphatic rings. The molecule has 1 aliphatic carbocycles. The van der Waals surface area contributed by atoms with Crippen LogP contribution in [0.1, 0.15) is 31.2 Å². The molecule has 0 bridgehead atoms. The van der Waals surface area contributed by atoms with E-state index in [0.717, 1.165) is 31.2 Å². The van der Waals surface area contributed by atoms with Gasteiger partial charge in [0.05, 0.1) is 4.90 Å². The SMILES string of the molecule is Cc1ccc(S(=O)(=O)Nc2ooc2NC2CCC(N)CC2)cc1. The second-order valence-electron chi connectivity index (χ2n) is 6.00. The van der Waals surface area contributed by atoms with Crippen LogP contribution in [0.5, 0.6) is 0 Å². The van der Waals surface area contributed by atoms with Gasteiger partial charge in [-0.25, -0.2) is 13.1 Å². The number of sulfonamides is 1. The van der Waals surface area contributed by atoms with Gasteiger partial charge in [0.1, 0.15) is 0 Å². The van der Waals surface area contributed by atoms with E-state index in [1.807, 2.05) is 6.92 Å². The summed E-state index contributed by atoms with van der Waals surface area (Å²) in [7, 11) is -3.69. The van der Waals surface area contributed by atoms with Crippen molar-refractivity contribution in [3.05, 3.63) is 29.8 Å². The molecule has 0 amide bonds. The lowest BCUT2D eigenvalue weighted by molar-refractivity contribution is 0.0286. The maximum absolute atomic E-state index is 12.3. The highest BCUT2D eigenvalue weighted by atomic mass is 32.2. The highest BCUT2D eigenvalue weighted by Gasteiger charge is 2.26. The minimum absolute atomic E-state index is 0.0837. The first-order valence-corrected chi connectivity index (χ1v) is 9.13. The van der Waals surface area contributed by atoms with Crippen molar-refractivity contribution in [2.45, 2.75) is 49.6 Å². The molecule has 3 rings (SSSR count). The molecule has 8 heteroatoms. The van der Waals surface area contributed by atoms with E-state index in [2.05, 4.69) is 10.0 Å². The Balaban J connectivity index is 1.65. The van der Waals surface area contributed by atoms with Crippen LogP contribution in [-0.2, 0) is 10.0 Å². The van der Waals surface area contributed by atoms with Crippen molar-refractivity contribution in [2.24, 2.45) is 5.73 Å². The van der Waals surface area contributed by atoms with E-state index in [4.69, 9.17) is 14.9 Å². The summed E-state index contributed by atoms with van der Waals surface area (Å²) in [4.78, 5) is 0.175. The molecular formula is C15H21N3O4S. The van der Waals surface area contributed by atoms with Crippen LogP contribution in [0.2, 0.25) is 0 Å². The molecule has 4 N–H and O–H groups in total. The highest BCUT2D eigenvalue weighted by Crippen LogP contribution is 2.31. The lowest BCUT2D eigenvalue weighted by atomic mass is 9.92. The zero-order valence-corrected chi connectivity index (χ0v) is 13.7. The van der Waals surface area contributed by atoms with E-state index < -0.39 is 10.0 Å². The third-order valence-corrected chi connectivity index (χ3v) is 5.43. The van der Waals surface area contributed by atoms with Crippen LogP contribution in [-0.4, -0.2) is 20.5 Å². The van der Waals surface area contributed by atoms with Gasteiger partial charge in [-0.2, -0.15) is 0 Å². The van der Waals surface area contributed by atoms with Gasteiger partial charge in [0.15, 0.2) is 0 Å². The first-order chi connectivity index (χ1) is 10.9. The van der Waals surface area contributed by atoms with Crippen LogP contribution in [0, 0.1) is 6.92 Å². The Morgan fingerprint density at radius 3 is 2.22 bits per heavy atom. The van der Waals surface area contributed by atoms with Crippen molar-refractivity contribution in [2.75, 3.05) is 10.0 Å². The minimum Gasteiger partial charge on any atom is -0.345 e. The Labute approximate surface area is 135 Å². The van der Waals surface area contributed by atoms with Crippen molar-refractivity contribution < 1.29 is 17.6 Å². The van der Waals surface area contributed by atoms with Gasteiger partial charge in [0.25, 0.3) is 10.0 Å². The molecule has 7 nitrogen and oxygen atoms in total. The molecule has 1 aromatic carbocycles. The fraction of sp³-hybridized carbons (Fsp3) is 0.467. The predicted octanol–water partition coefficient (Wildman–Crippen LogP) is 2.66. The summed E-state index contributed by atoms with van der Waals surface area (Å²) < 4.78 is 36.7. The van der Waals surface area contributed by atoms with E-state index in [9.17, 15) is 8.42 Å². The summed E-state index contributed by atoms with van der Waals surface area (Å²) in [6.45, 7) is 1.90. The summed E-state index contributed by atoms with van der Waals surface area (Å²) in [6.07, 6.45) is 3.73. The zero-order chi connectivity index (χ0) is 16.4. The molecule has 2 aromatic rings. The van der Waals surface area contributed by atoms with Gasteiger partial charge in [0.2, 0.25) is 0 Å². The van der Waals surface area contributed by atoms with Crippen LogP contribution in [0.3, 0.4) is 0 Å². The van der Waals surface area contributed by atoms with Crippen molar-refractivity contribution >= 4 is 21.8 Å². The van der Waals surface area contributed by atoms with Gasteiger partial charge in [-0.05, 0) is 44.7 Å². The van der Waals surface area contributed by atoms with Gasteiger partial charge in [0, 0.05) is 12.1 Å². The Morgan fingerprint density at radius 2 is 1.65 bits per heavy atom. The molecule has 0 aliphatic heterocycles. The molecule has 23 heavy (non-hydrogen) atoms. The molecule has 126 valence electrons. The van der Waals surface area contributed by atoms with Crippen molar-refractivity contribution in [1.29, 1.82) is 0 Å². The lowest BCUT2D eigenvalue weighted by Gasteiger charge is -2.27. The van der Waals surface area contributed by atoms with Gasteiger partial charge >= 0.3 is 11.8 Å². The summed E-state index contributed by atoms with van der Waals surface area (Å²) in [6, 6.07) is 7.05. The standard InChI is InChI=1S/C15H21N3O4S/c1-10-2-8-13(9-3-10)23(19,20)18-15-14(21-22-15)17-12-6-4-11(16)5-7-12/h2-3,8-9,11-12,17-18H,4-7,16H2,1H3. The predicted molar refractivity (Wildman–Crippen MR) is 86.8 cm³/mol. The van der Waals surface area contributed by atoms with E-state index in [-0.39, 0.29) is 22.9 Å². The van der Waals surface area contributed by atoms with Gasteiger partial charge < -0.3 is 11.1 Å². The number of aryl methyl sites for hydroxylation is 1. The van der Waals surface area contributed by atoms with E-state index in [1.165, 1.54) is 0 Å². The Hall–Kier alpha value is -1.93. The van der Waals surface area contributed by atoms with Crippen LogP contribution in [0.15, 0.2) is 38.3 Å². The number of nitrogens with one attached hydrogen (secondary N) is 2. The number of hydrogen-bond donors (Lipinski definition) is 3. The number of benzene rings is 1. The van der Waals surface area contributed by atoms with Crippen LogP contribution in [0.4, 0.5) is 11.8 Å². The molecule has 1 saturated carbocycles. The third-order valence-electron chi connectivity index (χ3n) is 4.08. The largest absolute Gasteiger partial charge is 0.345 e. The molecule has 1 fully saturated rings. The second-order valence-corrected chi connectivity index (χ2v) is 7.68. The summed E-state index contributed by atoms with van der Waals surface area (Å²) in [5.41, 5.74) is 6.86. The van der Waals surface area contributed by atoms with E-state index in [0.29, 0.717) is 5.88 Å². The van der Waals surface area contributed by atoms with Crippen molar-refractivity contribution in [1.82, 2.24) is 0 Å². The Morgan fingerprint density at radius 1 is 1.04 bits per heavy atom. The summed E-state index contributed by atoms with van der Waals surface area (Å²) >= 11 is 0. The second kappa shape index (κ2) is 6.29. The molecular weight excluding hydrogens is 318 g/mol. The molecule has 0 atom stereocenters. The first kappa shape index (κ1) is 15.9. The molecule has 1 heterocycles. The molecule has 0 unspecified atom stereocenters. The van der Waals surface area contributed by atoms with E-state index in [1.54, 1.807) is 24.3 Å². The quantitative estimate of drug-likeness (QED) is 0.722. The summed E-state index contributed by atoms with van der Waals surface area (Å²) in [5, 5.41) is 3.16. The smallest absolute Gasteiger partial charge is 0.323 e. The molecule has 1 aromatic heterocycles. The number of nitrogens with two attached hydrogens (primary N) is 1. The molecule has 0 spiro atoms. The average molecular weight is 339 g/mol. The normalized spacial score (nSPS) is 22.0. The van der Waals surface area contributed by atoms with Gasteiger partial charge in [-0.3, -0.25) is 9.15 Å². The average Bonchev–Trinajstić information content (AvgIpc) is 2.51. The third kappa shape index (κ3) is 3.70. The van der Waals surface area contributed by atoms with Gasteiger partial charge in [-0.15, -0.1) is 0 Å². The van der Waals surface area contributed by atoms with Crippen LogP contribution in [0.25, 0.3) is 0 Å².